The molecule has 6 N–H and O–H groups in total. The Morgan fingerprint density at radius 2 is 1.46 bits per heavy atom. The molecular weight excluding hydrogens is 395 g/mol. The van der Waals surface area contributed by atoms with Gasteiger partial charge in [-0.15, -0.1) is 24.8 Å². The van der Waals surface area contributed by atoms with Gasteiger partial charge in [0.1, 0.15) is 12.1 Å². The summed E-state index contributed by atoms with van der Waals surface area (Å²) in [6.07, 6.45) is 5.11. The highest BCUT2D eigenvalue weighted by Crippen LogP contribution is 2.45. The molecule has 0 heterocycles. The van der Waals surface area contributed by atoms with Crippen LogP contribution in [0.15, 0.2) is 0 Å². The molecule has 2 unspecified atom stereocenters. The van der Waals surface area contributed by atoms with Gasteiger partial charge in [0.25, 0.3) is 0 Å². The molecule has 0 bridgehead atoms. The number of hydrogen-bond acceptors (Lipinski definition) is 6. The lowest BCUT2D eigenvalue weighted by Gasteiger charge is -2.36. The lowest BCUT2D eigenvalue weighted by atomic mass is 9.88. The van der Waals surface area contributed by atoms with Crippen LogP contribution in [0, 0.1) is 0 Å². The Balaban J connectivity index is -0.00000220. The van der Waals surface area contributed by atoms with Crippen molar-refractivity contribution >= 4 is 58.3 Å². The van der Waals surface area contributed by atoms with E-state index in [-0.39, 0.29) is 30.6 Å². The van der Waals surface area contributed by atoms with Gasteiger partial charge in [-0.2, -0.15) is 0 Å². The molecule has 0 fully saturated rings. The maximum absolute atomic E-state index is 11.4. The predicted octanol–water partition coefficient (Wildman–Crippen LogP) is 3.15. The van der Waals surface area contributed by atoms with Crippen molar-refractivity contribution in [3.8, 4) is 0 Å². The first-order valence-corrected chi connectivity index (χ1v) is 9.90. The lowest BCUT2D eigenvalue weighted by Crippen LogP contribution is -2.50. The van der Waals surface area contributed by atoms with Crippen molar-refractivity contribution in [2.75, 3.05) is 5.75 Å². The van der Waals surface area contributed by atoms with Gasteiger partial charge >= 0.3 is 11.9 Å². The normalized spacial score (nSPS) is 13.3. The summed E-state index contributed by atoms with van der Waals surface area (Å²) < 4.78 is -0.583. The van der Waals surface area contributed by atoms with Crippen LogP contribution in [0.25, 0.3) is 0 Å². The van der Waals surface area contributed by atoms with Gasteiger partial charge in [-0.1, -0.05) is 61.1 Å². The van der Waals surface area contributed by atoms with Gasteiger partial charge in [-0.3, -0.25) is 9.59 Å². The van der Waals surface area contributed by atoms with E-state index in [2.05, 4.69) is 13.8 Å². The summed E-state index contributed by atoms with van der Waals surface area (Å²) in [7, 11) is 2.71. The zero-order chi connectivity index (χ0) is 17.2. The average Bonchev–Trinajstić information content (AvgIpc) is 2.48. The van der Waals surface area contributed by atoms with Gasteiger partial charge < -0.3 is 21.7 Å². The second-order valence-corrected chi connectivity index (χ2v) is 8.16. The molecule has 0 spiro atoms. The quantitative estimate of drug-likeness (QED) is 0.332. The van der Waals surface area contributed by atoms with Gasteiger partial charge in [-0.25, -0.2) is 0 Å². The van der Waals surface area contributed by atoms with E-state index in [1.165, 1.54) is 21.6 Å². The molecule has 0 saturated carbocycles. The number of halogens is 2. The number of carbonyl (C=O) groups is 2. The Kier molecular flexibility index (Phi) is 18.6. The molecule has 0 aromatic carbocycles. The van der Waals surface area contributed by atoms with Gasteiger partial charge in [0.15, 0.2) is 0 Å². The predicted molar refractivity (Wildman–Crippen MR) is 108 cm³/mol. The molecule has 0 aliphatic heterocycles. The van der Waals surface area contributed by atoms with Crippen molar-refractivity contribution in [3.05, 3.63) is 0 Å². The van der Waals surface area contributed by atoms with E-state index in [1.54, 1.807) is 0 Å². The summed E-state index contributed by atoms with van der Waals surface area (Å²) in [5.74, 6) is -1.84. The second-order valence-electron chi connectivity index (χ2n) is 5.40. The zero-order valence-corrected chi connectivity index (χ0v) is 17.4. The minimum Gasteiger partial charge on any atom is -0.480 e. The smallest absolute Gasteiger partial charge is 0.321 e. The molecule has 24 heavy (non-hydrogen) atoms. The minimum absolute atomic E-state index is 0. The zero-order valence-electron chi connectivity index (χ0n) is 14.1. The molecule has 0 aliphatic rings. The van der Waals surface area contributed by atoms with Gasteiger partial charge in [0.05, 0.1) is 4.75 Å². The number of rotatable bonds is 13. The first kappa shape index (κ1) is 28.9. The second kappa shape index (κ2) is 15.4. The summed E-state index contributed by atoms with van der Waals surface area (Å²) in [4.78, 5) is 22.2. The number of hydrogen-bond donors (Lipinski definition) is 4. The van der Waals surface area contributed by atoms with Crippen LogP contribution < -0.4 is 11.5 Å². The third kappa shape index (κ3) is 10.2. The highest BCUT2D eigenvalue weighted by Gasteiger charge is 2.41. The van der Waals surface area contributed by atoms with Crippen molar-refractivity contribution in [2.24, 2.45) is 11.5 Å². The van der Waals surface area contributed by atoms with Crippen LogP contribution >= 0.6 is 46.4 Å². The van der Waals surface area contributed by atoms with Crippen LogP contribution in [0.2, 0.25) is 0 Å². The maximum atomic E-state index is 11.4. The van der Waals surface area contributed by atoms with Gasteiger partial charge in [-0.05, 0) is 12.8 Å². The van der Waals surface area contributed by atoms with Gasteiger partial charge in [0.2, 0.25) is 0 Å². The topological polar surface area (TPSA) is 127 Å². The number of carboxylic acid groups (broad SMARTS) is 2. The van der Waals surface area contributed by atoms with Crippen molar-refractivity contribution in [2.45, 2.75) is 69.2 Å². The fraction of sp³-hybridized carbons (Fsp3) is 0.857. The maximum Gasteiger partial charge on any atom is 0.321 e. The monoisotopic (exact) mass is 424 g/mol. The summed E-state index contributed by atoms with van der Waals surface area (Å²) in [5.41, 5.74) is 11.5. The van der Waals surface area contributed by atoms with Crippen LogP contribution in [0.5, 0.6) is 0 Å². The molecule has 10 heteroatoms. The Labute approximate surface area is 164 Å². The van der Waals surface area contributed by atoms with E-state index >= 15 is 0 Å². The van der Waals surface area contributed by atoms with Crippen LogP contribution in [-0.2, 0) is 9.59 Å². The average molecular weight is 425 g/mol. The summed E-state index contributed by atoms with van der Waals surface area (Å²) in [5, 5.41) is 18.2. The molecule has 0 radical (unpaired) electrons. The lowest BCUT2D eigenvalue weighted by molar-refractivity contribution is -0.140. The van der Waals surface area contributed by atoms with Crippen LogP contribution in [0.4, 0.5) is 0 Å². The Bertz CT molecular complexity index is 358. The number of aliphatic carboxylic acids is 2. The number of carboxylic acids is 2. The summed E-state index contributed by atoms with van der Waals surface area (Å²) >= 11 is 0. The number of nitrogens with two attached hydrogens (primary N) is 2. The fourth-order valence-corrected chi connectivity index (χ4v) is 5.46. The SMILES string of the molecule is CCCCC(CCCC)(SSCC(N)C(=O)O)C(N)C(=O)O.Cl.Cl. The minimum atomic E-state index is -1.05. The van der Waals surface area contributed by atoms with E-state index < -0.39 is 28.8 Å². The fourth-order valence-electron chi connectivity index (χ4n) is 2.04. The molecule has 0 amide bonds. The largest absolute Gasteiger partial charge is 0.480 e. The molecule has 0 aromatic rings. The van der Waals surface area contributed by atoms with Crippen LogP contribution in [-0.4, -0.2) is 44.7 Å². The highest BCUT2D eigenvalue weighted by atomic mass is 35.5. The Morgan fingerprint density at radius 3 is 1.79 bits per heavy atom. The van der Waals surface area contributed by atoms with E-state index in [1.807, 2.05) is 0 Å². The molecule has 2 atom stereocenters. The van der Waals surface area contributed by atoms with E-state index in [0.29, 0.717) is 12.8 Å². The van der Waals surface area contributed by atoms with E-state index in [0.717, 1.165) is 25.7 Å². The van der Waals surface area contributed by atoms with Crippen molar-refractivity contribution in [3.63, 3.8) is 0 Å². The van der Waals surface area contributed by atoms with Crippen molar-refractivity contribution in [1.29, 1.82) is 0 Å². The van der Waals surface area contributed by atoms with E-state index in [9.17, 15) is 14.7 Å². The molecular formula is C14H30Cl2N2O4S2. The third-order valence-corrected chi connectivity index (χ3v) is 6.89. The van der Waals surface area contributed by atoms with Gasteiger partial charge in [0, 0.05) is 5.75 Å². The van der Waals surface area contributed by atoms with Crippen LogP contribution in [0.3, 0.4) is 0 Å². The molecule has 0 aliphatic carbocycles. The first-order chi connectivity index (χ1) is 10.3. The number of unbranched alkanes of at least 4 members (excludes halogenated alkanes) is 2. The van der Waals surface area contributed by atoms with E-state index in [4.69, 9.17) is 16.6 Å². The summed E-state index contributed by atoms with van der Waals surface area (Å²) in [6, 6.07) is -1.92. The molecule has 0 rings (SSSR count). The van der Waals surface area contributed by atoms with Crippen molar-refractivity contribution < 1.29 is 19.8 Å². The highest BCUT2D eigenvalue weighted by molar-refractivity contribution is 8.77. The van der Waals surface area contributed by atoms with Crippen molar-refractivity contribution in [1.82, 2.24) is 0 Å². The molecule has 0 saturated heterocycles. The molecule has 6 nitrogen and oxygen atoms in total. The molecule has 0 aromatic heterocycles. The standard InChI is InChI=1S/C14H28N2O4S2.2ClH/c1-3-5-7-14(8-6-4-2,11(16)13(19)20)22-21-9-10(15)12(17)18;;/h10-11H,3-9,15-16H2,1-2H3,(H,17,18)(H,19,20);2*1H. The Hall–Kier alpha value is 0.140. The third-order valence-electron chi connectivity index (χ3n) is 3.53. The Morgan fingerprint density at radius 1 is 1.00 bits per heavy atom. The van der Waals surface area contributed by atoms with Crippen LogP contribution in [0.1, 0.15) is 52.4 Å². The summed E-state index contributed by atoms with van der Waals surface area (Å²) in [6.45, 7) is 4.10. The molecule has 146 valence electrons. The first-order valence-electron chi connectivity index (χ1n) is 7.58.